The van der Waals surface area contributed by atoms with E-state index in [1.807, 2.05) is 0 Å². The number of rotatable bonds is 5. The highest BCUT2D eigenvalue weighted by atomic mass is 35.5. The maximum atomic E-state index is 12.8. The van der Waals surface area contributed by atoms with E-state index in [2.05, 4.69) is 5.32 Å². The van der Waals surface area contributed by atoms with Crippen LogP contribution >= 0.6 is 22.9 Å². The molecule has 0 unspecified atom stereocenters. The molecule has 10 heteroatoms. The van der Waals surface area contributed by atoms with Crippen molar-refractivity contribution in [3.05, 3.63) is 44.8 Å². The zero-order valence-electron chi connectivity index (χ0n) is 15.4. The highest BCUT2D eigenvalue weighted by Gasteiger charge is 2.26. The van der Waals surface area contributed by atoms with Crippen molar-refractivity contribution in [2.24, 2.45) is 5.73 Å². The lowest BCUT2D eigenvalue weighted by molar-refractivity contribution is 0.100. The standard InChI is InChI=1S/C18H20ClN3O4S2/c1-22(2)28(25,26)10-7-8-13(19)12(9-10)17(24)21-18-15(16(20)23)11-5-3-4-6-14(11)27-18/h7-9H,3-6H2,1-2H3,(H2,20,23)(H,21,24). The lowest BCUT2D eigenvalue weighted by Gasteiger charge is -2.13. The van der Waals surface area contributed by atoms with Crippen LogP contribution in [0.4, 0.5) is 5.00 Å². The molecular formula is C18H20ClN3O4S2. The average molecular weight is 442 g/mol. The van der Waals surface area contributed by atoms with E-state index >= 15 is 0 Å². The van der Waals surface area contributed by atoms with Gasteiger partial charge in [-0.1, -0.05) is 11.6 Å². The minimum atomic E-state index is -3.72. The summed E-state index contributed by atoms with van der Waals surface area (Å²) < 4.78 is 25.7. The van der Waals surface area contributed by atoms with Crippen molar-refractivity contribution in [3.63, 3.8) is 0 Å². The molecule has 0 aliphatic heterocycles. The Morgan fingerprint density at radius 1 is 1.21 bits per heavy atom. The summed E-state index contributed by atoms with van der Waals surface area (Å²) in [6, 6.07) is 3.93. The van der Waals surface area contributed by atoms with Crippen LogP contribution in [0.3, 0.4) is 0 Å². The minimum Gasteiger partial charge on any atom is -0.365 e. The zero-order valence-corrected chi connectivity index (χ0v) is 17.8. The third kappa shape index (κ3) is 3.80. The molecule has 7 nitrogen and oxygen atoms in total. The van der Waals surface area contributed by atoms with Gasteiger partial charge in [0, 0.05) is 19.0 Å². The van der Waals surface area contributed by atoms with E-state index in [0.717, 1.165) is 40.4 Å². The van der Waals surface area contributed by atoms with E-state index in [-0.39, 0.29) is 15.5 Å². The molecule has 0 spiro atoms. The maximum Gasteiger partial charge on any atom is 0.257 e. The topological polar surface area (TPSA) is 110 Å². The number of carbonyl (C=O) groups excluding carboxylic acids is 2. The molecule has 0 saturated heterocycles. The Labute approximate surface area is 172 Å². The van der Waals surface area contributed by atoms with Gasteiger partial charge in [0.1, 0.15) is 5.00 Å². The molecule has 3 N–H and O–H groups in total. The monoisotopic (exact) mass is 441 g/mol. The van der Waals surface area contributed by atoms with Gasteiger partial charge in [-0.3, -0.25) is 9.59 Å². The zero-order chi connectivity index (χ0) is 20.6. The van der Waals surface area contributed by atoms with E-state index in [1.165, 1.54) is 43.6 Å². The van der Waals surface area contributed by atoms with E-state index in [4.69, 9.17) is 17.3 Å². The number of hydrogen-bond donors (Lipinski definition) is 2. The van der Waals surface area contributed by atoms with E-state index in [0.29, 0.717) is 10.6 Å². The largest absolute Gasteiger partial charge is 0.365 e. The van der Waals surface area contributed by atoms with Gasteiger partial charge >= 0.3 is 0 Å². The number of sulfonamides is 1. The molecule has 1 aromatic heterocycles. The molecule has 0 atom stereocenters. The van der Waals surface area contributed by atoms with Crippen molar-refractivity contribution in [3.8, 4) is 0 Å². The lowest BCUT2D eigenvalue weighted by Crippen LogP contribution is -2.23. The molecule has 3 rings (SSSR count). The second-order valence-corrected chi connectivity index (χ2v) is 10.3. The van der Waals surface area contributed by atoms with Crippen LogP contribution in [0.1, 0.15) is 44.0 Å². The first-order valence-corrected chi connectivity index (χ1v) is 11.2. The molecular weight excluding hydrogens is 422 g/mol. The smallest absolute Gasteiger partial charge is 0.257 e. The number of carbonyl (C=O) groups is 2. The summed E-state index contributed by atoms with van der Waals surface area (Å²) in [6.45, 7) is 0. The van der Waals surface area contributed by atoms with Gasteiger partial charge in [-0.25, -0.2) is 12.7 Å². The van der Waals surface area contributed by atoms with Crippen LogP contribution in [0.15, 0.2) is 23.1 Å². The van der Waals surface area contributed by atoms with Crippen LogP contribution in [0.2, 0.25) is 5.02 Å². The summed E-state index contributed by atoms with van der Waals surface area (Å²) in [5.41, 5.74) is 6.79. The highest BCUT2D eigenvalue weighted by molar-refractivity contribution is 7.89. The number of anilines is 1. The SMILES string of the molecule is CN(C)S(=O)(=O)c1ccc(Cl)c(C(=O)Nc2sc3c(c2C(N)=O)CCCC3)c1. The number of aryl methyl sites for hydroxylation is 1. The molecule has 1 heterocycles. The normalized spacial score (nSPS) is 14.0. The summed E-state index contributed by atoms with van der Waals surface area (Å²) in [4.78, 5) is 25.8. The van der Waals surface area contributed by atoms with Gasteiger partial charge in [-0.2, -0.15) is 0 Å². The summed E-state index contributed by atoms with van der Waals surface area (Å²) in [5.74, 6) is -1.19. The molecule has 0 saturated carbocycles. The lowest BCUT2D eigenvalue weighted by atomic mass is 9.95. The van der Waals surface area contributed by atoms with Gasteiger partial charge in [0.2, 0.25) is 10.0 Å². The average Bonchev–Trinajstić information content (AvgIpc) is 2.99. The van der Waals surface area contributed by atoms with Crippen molar-refractivity contribution >= 4 is 49.8 Å². The third-order valence-corrected chi connectivity index (χ3v) is 7.95. The summed E-state index contributed by atoms with van der Waals surface area (Å²) in [7, 11) is -0.920. The Hall–Kier alpha value is -1.94. The molecule has 2 aromatic rings. The van der Waals surface area contributed by atoms with Crippen molar-refractivity contribution in [2.45, 2.75) is 30.6 Å². The fourth-order valence-electron chi connectivity index (χ4n) is 3.13. The van der Waals surface area contributed by atoms with Gasteiger partial charge < -0.3 is 11.1 Å². The molecule has 0 fully saturated rings. The number of fused-ring (bicyclic) bond motifs is 1. The third-order valence-electron chi connectivity index (χ3n) is 4.61. The molecule has 1 aliphatic rings. The molecule has 150 valence electrons. The fourth-order valence-corrected chi connectivity index (χ4v) is 5.56. The molecule has 0 radical (unpaired) electrons. The Bertz CT molecular complexity index is 1060. The predicted octanol–water partition coefficient (Wildman–Crippen LogP) is 2.88. The van der Waals surface area contributed by atoms with Gasteiger partial charge in [-0.15, -0.1) is 11.3 Å². The molecule has 0 bridgehead atoms. The number of amides is 2. The minimum absolute atomic E-state index is 0.00591. The maximum absolute atomic E-state index is 12.8. The summed E-state index contributed by atoms with van der Waals surface area (Å²) >= 11 is 7.46. The summed E-state index contributed by atoms with van der Waals surface area (Å²) in [6.07, 6.45) is 3.58. The van der Waals surface area contributed by atoms with Gasteiger partial charge in [0.15, 0.2) is 0 Å². The first-order valence-electron chi connectivity index (χ1n) is 8.60. The Morgan fingerprint density at radius 3 is 2.54 bits per heavy atom. The number of nitrogens with two attached hydrogens (primary N) is 1. The Kier molecular flexibility index (Phi) is 5.81. The predicted molar refractivity (Wildman–Crippen MR) is 110 cm³/mol. The molecule has 2 amide bonds. The van der Waals surface area contributed by atoms with Crippen molar-refractivity contribution in [1.82, 2.24) is 4.31 Å². The van der Waals surface area contributed by atoms with Crippen molar-refractivity contribution < 1.29 is 18.0 Å². The number of benzene rings is 1. The first kappa shape index (κ1) is 20.8. The second-order valence-electron chi connectivity index (χ2n) is 6.66. The number of primary amides is 1. The van der Waals surface area contributed by atoms with Crippen LogP contribution in [0.5, 0.6) is 0 Å². The number of halogens is 1. The number of nitrogens with one attached hydrogen (secondary N) is 1. The number of hydrogen-bond acceptors (Lipinski definition) is 5. The first-order chi connectivity index (χ1) is 13.1. The van der Waals surface area contributed by atoms with Crippen molar-refractivity contribution in [1.29, 1.82) is 0 Å². The van der Waals surface area contributed by atoms with Crippen LogP contribution in [0.25, 0.3) is 0 Å². The van der Waals surface area contributed by atoms with Crippen LogP contribution in [-0.2, 0) is 22.9 Å². The van der Waals surface area contributed by atoms with Crippen LogP contribution in [0, 0.1) is 0 Å². The van der Waals surface area contributed by atoms with Gasteiger partial charge in [-0.05, 0) is 49.4 Å². The second kappa shape index (κ2) is 7.82. The quantitative estimate of drug-likeness (QED) is 0.743. The van der Waals surface area contributed by atoms with E-state index in [9.17, 15) is 18.0 Å². The number of thiophene rings is 1. The van der Waals surface area contributed by atoms with E-state index in [1.54, 1.807) is 0 Å². The Balaban J connectivity index is 1.99. The highest BCUT2D eigenvalue weighted by Crippen LogP contribution is 2.38. The fraction of sp³-hybridized carbons (Fsp3) is 0.333. The van der Waals surface area contributed by atoms with Gasteiger partial charge in [0.25, 0.3) is 11.8 Å². The summed E-state index contributed by atoms with van der Waals surface area (Å²) in [5, 5.41) is 3.18. The number of nitrogens with zero attached hydrogens (tertiary/aromatic N) is 1. The van der Waals surface area contributed by atoms with E-state index < -0.39 is 21.8 Å². The molecule has 1 aliphatic carbocycles. The molecule has 28 heavy (non-hydrogen) atoms. The molecule has 1 aromatic carbocycles. The Morgan fingerprint density at radius 2 is 1.89 bits per heavy atom. The van der Waals surface area contributed by atoms with Gasteiger partial charge in [0.05, 0.1) is 21.0 Å². The van der Waals surface area contributed by atoms with Crippen LogP contribution < -0.4 is 11.1 Å². The van der Waals surface area contributed by atoms with Crippen molar-refractivity contribution in [2.75, 3.05) is 19.4 Å². The van der Waals surface area contributed by atoms with Crippen LogP contribution in [-0.4, -0.2) is 38.6 Å².